The van der Waals surface area contributed by atoms with Gasteiger partial charge in [-0.25, -0.2) is 0 Å². The van der Waals surface area contributed by atoms with Crippen LogP contribution in [0, 0.1) is 0 Å². The van der Waals surface area contributed by atoms with E-state index in [2.05, 4.69) is 72.8 Å². The quantitative estimate of drug-likeness (QED) is 0.707. The van der Waals surface area contributed by atoms with Crippen LogP contribution in [0.15, 0.2) is 60.7 Å². The van der Waals surface area contributed by atoms with Gasteiger partial charge in [-0.05, 0) is 0 Å². The van der Waals surface area contributed by atoms with Crippen LogP contribution in [0.25, 0.3) is 12.2 Å². The van der Waals surface area contributed by atoms with E-state index in [1.54, 1.807) is 0 Å². The van der Waals surface area contributed by atoms with E-state index in [4.69, 9.17) is 0 Å². The van der Waals surface area contributed by atoms with E-state index in [0.717, 1.165) is 0 Å². The minimum absolute atomic E-state index is 0.567. The molecule has 0 saturated heterocycles. The van der Waals surface area contributed by atoms with Gasteiger partial charge in [0.2, 0.25) is 0 Å². The van der Waals surface area contributed by atoms with Crippen molar-refractivity contribution in [3.63, 3.8) is 0 Å². The Morgan fingerprint density at radius 1 is 0.632 bits per heavy atom. The fourth-order valence-electron chi connectivity index (χ4n) is 2.74. The average Bonchev–Trinajstić information content (AvgIpc) is 3.05. The van der Waals surface area contributed by atoms with Crippen LogP contribution in [0.4, 0.5) is 0 Å². The van der Waals surface area contributed by atoms with Crippen molar-refractivity contribution >= 4 is 12.2 Å². The van der Waals surface area contributed by atoms with E-state index >= 15 is 0 Å². The zero-order valence-electron chi connectivity index (χ0n) is 10.4. The van der Waals surface area contributed by atoms with Crippen molar-refractivity contribution in [2.24, 2.45) is 0 Å². The maximum absolute atomic E-state index is 2.36. The van der Waals surface area contributed by atoms with Crippen LogP contribution in [-0.2, 0) is 15.0 Å². The van der Waals surface area contributed by atoms with Crippen molar-refractivity contribution < 1.29 is 15.0 Å². The summed E-state index contributed by atoms with van der Waals surface area (Å²) >= 11 is 1.18. The maximum atomic E-state index is 2.36. The van der Waals surface area contributed by atoms with Gasteiger partial charge in [-0.2, -0.15) is 0 Å². The molecule has 0 amide bonds. The van der Waals surface area contributed by atoms with Gasteiger partial charge in [0, 0.05) is 0 Å². The van der Waals surface area contributed by atoms with Crippen LogP contribution in [0.5, 0.6) is 0 Å². The molecule has 94 valence electrons. The van der Waals surface area contributed by atoms with Crippen LogP contribution in [0.2, 0.25) is 0 Å². The molecule has 0 aliphatic heterocycles. The molecule has 19 heavy (non-hydrogen) atoms. The summed E-state index contributed by atoms with van der Waals surface area (Å²) in [4.78, 5) is 1.13. The van der Waals surface area contributed by atoms with Gasteiger partial charge < -0.3 is 0 Å². The Balaban J connectivity index is 1.62. The molecular weight excluding hydrogens is 272 g/mol. The zero-order valence-corrected chi connectivity index (χ0v) is 11.5. The summed E-state index contributed by atoms with van der Waals surface area (Å²) in [5.41, 5.74) is 5.76. The molecule has 0 bridgehead atoms. The van der Waals surface area contributed by atoms with Crippen molar-refractivity contribution in [1.82, 2.24) is 0 Å². The van der Waals surface area contributed by atoms with Gasteiger partial charge in [0.1, 0.15) is 0 Å². The molecule has 4 rings (SSSR count). The van der Waals surface area contributed by atoms with Gasteiger partial charge in [0.05, 0.1) is 0 Å². The van der Waals surface area contributed by atoms with Gasteiger partial charge in [0.25, 0.3) is 0 Å². The van der Waals surface area contributed by atoms with Gasteiger partial charge in [-0.15, -0.1) is 0 Å². The molecule has 0 N–H and O–H groups in total. The first-order valence-electron chi connectivity index (χ1n) is 6.55. The van der Waals surface area contributed by atoms with E-state index in [1.165, 1.54) is 37.2 Å². The van der Waals surface area contributed by atoms with Crippen LogP contribution in [0.3, 0.4) is 0 Å². The van der Waals surface area contributed by atoms with Gasteiger partial charge >= 0.3 is 120 Å². The summed E-state index contributed by atoms with van der Waals surface area (Å²) in [6.07, 6.45) is 9.26. The molecule has 2 atom stereocenters. The third-order valence-electron chi connectivity index (χ3n) is 3.71. The number of rotatable bonds is 2. The molecular formula is C18H14Fe. The Kier molecular flexibility index (Phi) is 2.68. The molecule has 0 aromatic heterocycles. The molecule has 2 unspecified atom stereocenters. The molecule has 2 aromatic rings. The van der Waals surface area contributed by atoms with E-state index in [9.17, 15) is 0 Å². The Morgan fingerprint density at radius 2 is 1.11 bits per heavy atom. The molecule has 0 nitrogen and oxygen atoms in total. The summed E-state index contributed by atoms with van der Waals surface area (Å²) in [5, 5.41) is 0. The summed E-state index contributed by atoms with van der Waals surface area (Å²) in [6.45, 7) is 0. The summed E-state index contributed by atoms with van der Waals surface area (Å²) in [7, 11) is 0. The fourth-order valence-corrected chi connectivity index (χ4v) is 4.60. The molecule has 0 radical (unpaired) electrons. The summed E-state index contributed by atoms with van der Waals surface area (Å²) in [5.74, 6) is 0. The first-order valence-corrected chi connectivity index (χ1v) is 7.83. The molecule has 2 aliphatic rings. The van der Waals surface area contributed by atoms with Gasteiger partial charge in [-0.3, -0.25) is 0 Å². The van der Waals surface area contributed by atoms with Crippen LogP contribution in [-0.4, -0.2) is 0 Å². The number of allylic oxidation sites excluding steroid dienone is 2. The first kappa shape index (κ1) is 11.3. The van der Waals surface area contributed by atoms with Crippen LogP contribution in [0.1, 0.15) is 31.9 Å². The van der Waals surface area contributed by atoms with E-state index in [0.29, 0.717) is 9.63 Å². The number of hydrogen-bond acceptors (Lipinski definition) is 0. The molecule has 2 aromatic carbocycles. The van der Waals surface area contributed by atoms with Gasteiger partial charge in [-0.1, -0.05) is 0 Å². The normalized spacial score (nSPS) is 22.7. The standard InChI is InChI=1S/2C9H7.Fe/c2*1-2-5-9-7-3-6-8(9)4-1;/h2*1-7H;. The molecule has 1 heteroatoms. The van der Waals surface area contributed by atoms with Crippen LogP contribution >= 0.6 is 0 Å². The van der Waals surface area contributed by atoms with Crippen molar-refractivity contribution in [2.45, 2.75) is 9.63 Å². The molecule has 0 heterocycles. The number of hydrogen-bond donors (Lipinski definition) is 0. The first-order chi connectivity index (χ1) is 9.42. The molecule has 2 aliphatic carbocycles. The number of benzene rings is 2. The average molecular weight is 286 g/mol. The Labute approximate surface area is 120 Å². The predicted octanol–water partition coefficient (Wildman–Crippen LogP) is 4.61. The predicted molar refractivity (Wildman–Crippen MR) is 76.4 cm³/mol. The third kappa shape index (κ3) is 1.90. The second kappa shape index (κ2) is 4.52. The zero-order chi connectivity index (χ0) is 12.7. The SMILES string of the molecule is C1=C[CH]([Fe][CH]2C=Cc3ccccc32)c2ccccc21. The minimum atomic E-state index is 0.567. The molecule has 0 fully saturated rings. The van der Waals surface area contributed by atoms with Gasteiger partial charge in [0.15, 0.2) is 0 Å². The van der Waals surface area contributed by atoms with E-state index in [-0.39, 0.29) is 0 Å². The van der Waals surface area contributed by atoms with Crippen molar-refractivity contribution in [3.05, 3.63) is 82.9 Å². The Morgan fingerprint density at radius 3 is 1.63 bits per heavy atom. The van der Waals surface area contributed by atoms with Crippen LogP contribution < -0.4 is 0 Å². The van der Waals surface area contributed by atoms with Crippen molar-refractivity contribution in [2.75, 3.05) is 0 Å². The van der Waals surface area contributed by atoms with Crippen molar-refractivity contribution in [1.29, 1.82) is 0 Å². The topological polar surface area (TPSA) is 0 Å². The van der Waals surface area contributed by atoms with Crippen molar-refractivity contribution in [3.8, 4) is 0 Å². The monoisotopic (exact) mass is 286 g/mol. The fraction of sp³-hybridized carbons (Fsp3) is 0.111. The second-order valence-corrected chi connectivity index (χ2v) is 6.61. The van der Waals surface area contributed by atoms with E-state index < -0.39 is 0 Å². The third-order valence-corrected chi connectivity index (χ3v) is 5.61. The Hall–Kier alpha value is -1.56. The second-order valence-electron chi connectivity index (χ2n) is 4.87. The Bertz CT molecular complexity index is 622. The molecule has 0 saturated carbocycles. The summed E-state index contributed by atoms with van der Waals surface area (Å²) < 4.78 is 0. The number of fused-ring (bicyclic) bond motifs is 2. The van der Waals surface area contributed by atoms with E-state index in [1.807, 2.05) is 0 Å². The molecule has 0 spiro atoms. The summed E-state index contributed by atoms with van der Waals surface area (Å²) in [6, 6.07) is 17.5.